The van der Waals surface area contributed by atoms with Crippen LogP contribution in [-0.2, 0) is 0 Å². The van der Waals surface area contributed by atoms with Crippen LogP contribution in [0.2, 0.25) is 0 Å². The zero-order chi connectivity index (χ0) is 37.9. The fourth-order valence-electron chi connectivity index (χ4n) is 7.61. The lowest BCUT2D eigenvalue weighted by atomic mass is 9.94. The molecule has 7 heteroatoms. The van der Waals surface area contributed by atoms with Gasteiger partial charge in [0.25, 0.3) is 0 Å². The molecule has 268 valence electrons. The summed E-state index contributed by atoms with van der Waals surface area (Å²) in [5.41, 5.74) is 11.7. The molecule has 0 N–H and O–H groups in total. The summed E-state index contributed by atoms with van der Waals surface area (Å²) in [5.74, 6) is 1.10. The van der Waals surface area contributed by atoms with Crippen LogP contribution in [0.4, 0.5) is 4.39 Å². The van der Waals surface area contributed by atoms with Gasteiger partial charge >= 0.3 is 0 Å². The van der Waals surface area contributed by atoms with E-state index in [1.54, 1.807) is 18.3 Å². The minimum atomic E-state index is -0.332. The van der Waals surface area contributed by atoms with Gasteiger partial charge in [0.2, 0.25) is 0 Å². The van der Waals surface area contributed by atoms with Crippen LogP contribution in [0.25, 0.3) is 111 Å². The summed E-state index contributed by atoms with van der Waals surface area (Å²) >= 11 is 0. The van der Waals surface area contributed by atoms with Crippen LogP contribution < -0.4 is 0 Å². The SMILES string of the molecule is Fc1ccc(-c2nc(-c3ccc(-c4cccnc4)cc3)nc(-c3cc(-c4ccc5oc6ccccc6c5c4)cc(-c4ccc5oc6ccccc6c5c4)c3)n2)cc1. The van der Waals surface area contributed by atoms with Crippen molar-refractivity contribution in [2.24, 2.45) is 0 Å². The quantitative estimate of drug-likeness (QED) is 0.169. The molecule has 0 saturated heterocycles. The maximum atomic E-state index is 14.1. The Bertz CT molecular complexity index is 3170. The number of rotatable bonds is 6. The summed E-state index contributed by atoms with van der Waals surface area (Å²) in [4.78, 5) is 19.4. The highest BCUT2D eigenvalue weighted by Crippen LogP contribution is 2.39. The summed E-state index contributed by atoms with van der Waals surface area (Å²) in [6.45, 7) is 0. The summed E-state index contributed by atoms with van der Waals surface area (Å²) in [7, 11) is 0. The van der Waals surface area contributed by atoms with E-state index in [4.69, 9.17) is 23.8 Å². The molecule has 0 spiro atoms. The molecular weight excluding hydrogens is 708 g/mol. The zero-order valence-corrected chi connectivity index (χ0v) is 30.2. The van der Waals surface area contributed by atoms with Crippen LogP contribution in [-0.4, -0.2) is 19.9 Å². The molecule has 0 fully saturated rings. The van der Waals surface area contributed by atoms with Crippen molar-refractivity contribution in [2.75, 3.05) is 0 Å². The maximum Gasteiger partial charge on any atom is 0.164 e. The third-order valence-electron chi connectivity index (χ3n) is 10.5. The Morgan fingerprint density at radius 3 is 1.33 bits per heavy atom. The molecule has 7 aromatic carbocycles. The van der Waals surface area contributed by atoms with Crippen molar-refractivity contribution < 1.29 is 13.2 Å². The van der Waals surface area contributed by atoms with Gasteiger partial charge in [-0.05, 0) is 118 Å². The molecule has 0 amide bonds. The van der Waals surface area contributed by atoms with Gasteiger partial charge in [0.1, 0.15) is 28.1 Å². The van der Waals surface area contributed by atoms with Crippen LogP contribution in [0, 0.1) is 5.82 Å². The minimum Gasteiger partial charge on any atom is -0.456 e. The van der Waals surface area contributed by atoms with Crippen molar-refractivity contribution in [1.29, 1.82) is 0 Å². The molecule has 57 heavy (non-hydrogen) atoms. The molecule has 4 aromatic heterocycles. The Kier molecular flexibility index (Phi) is 7.57. The first-order valence-corrected chi connectivity index (χ1v) is 18.6. The van der Waals surface area contributed by atoms with Crippen molar-refractivity contribution in [3.05, 3.63) is 182 Å². The number of nitrogens with zero attached hydrogens (tertiary/aromatic N) is 4. The largest absolute Gasteiger partial charge is 0.456 e. The molecule has 0 radical (unpaired) electrons. The van der Waals surface area contributed by atoms with Crippen molar-refractivity contribution in [1.82, 2.24) is 19.9 Å². The van der Waals surface area contributed by atoms with Crippen molar-refractivity contribution >= 4 is 43.9 Å². The number of furan rings is 2. The fourth-order valence-corrected chi connectivity index (χ4v) is 7.61. The number of halogens is 1. The van der Waals surface area contributed by atoms with Gasteiger partial charge in [0.15, 0.2) is 17.5 Å². The molecule has 0 aliphatic rings. The van der Waals surface area contributed by atoms with Crippen LogP contribution in [0.5, 0.6) is 0 Å². The lowest BCUT2D eigenvalue weighted by Crippen LogP contribution is -2.01. The molecule has 0 aliphatic heterocycles. The monoisotopic (exact) mass is 736 g/mol. The normalized spacial score (nSPS) is 11.6. The van der Waals surface area contributed by atoms with E-state index in [0.717, 1.165) is 88.4 Å². The van der Waals surface area contributed by atoms with Gasteiger partial charge in [-0.3, -0.25) is 4.98 Å². The Balaban J connectivity index is 1.12. The fraction of sp³-hybridized carbons (Fsp3) is 0. The number of aromatic nitrogens is 4. The highest BCUT2D eigenvalue weighted by atomic mass is 19.1. The Hall–Kier alpha value is -7.77. The van der Waals surface area contributed by atoms with Crippen LogP contribution >= 0.6 is 0 Å². The Morgan fingerprint density at radius 2 is 0.789 bits per heavy atom. The van der Waals surface area contributed by atoms with Gasteiger partial charge in [0, 0.05) is 50.6 Å². The summed E-state index contributed by atoms with van der Waals surface area (Å²) in [6.07, 6.45) is 3.60. The van der Waals surface area contributed by atoms with E-state index < -0.39 is 0 Å². The molecule has 0 saturated carbocycles. The first-order chi connectivity index (χ1) is 28.1. The molecular formula is C50H29FN4O2. The van der Waals surface area contributed by atoms with Crippen molar-refractivity contribution in [3.63, 3.8) is 0 Å². The average molecular weight is 737 g/mol. The highest BCUT2D eigenvalue weighted by molar-refractivity contribution is 6.07. The third kappa shape index (κ3) is 5.90. The third-order valence-corrected chi connectivity index (χ3v) is 10.5. The van der Waals surface area contributed by atoms with E-state index >= 15 is 0 Å². The molecule has 6 nitrogen and oxygen atoms in total. The molecule has 0 aliphatic carbocycles. The van der Waals surface area contributed by atoms with Crippen LogP contribution in [0.3, 0.4) is 0 Å². The van der Waals surface area contributed by atoms with E-state index in [0.29, 0.717) is 23.0 Å². The van der Waals surface area contributed by atoms with E-state index in [1.807, 2.05) is 91.1 Å². The number of hydrogen-bond donors (Lipinski definition) is 0. The van der Waals surface area contributed by atoms with Gasteiger partial charge in [0.05, 0.1) is 0 Å². The molecule has 4 heterocycles. The molecule has 11 rings (SSSR count). The van der Waals surface area contributed by atoms with Gasteiger partial charge in [-0.25, -0.2) is 19.3 Å². The predicted octanol–water partition coefficient (Wildman–Crippen LogP) is 13.2. The summed E-state index contributed by atoms with van der Waals surface area (Å²) in [5, 5.41) is 4.20. The van der Waals surface area contributed by atoms with E-state index in [-0.39, 0.29) is 5.82 Å². The van der Waals surface area contributed by atoms with Crippen molar-refractivity contribution in [3.8, 4) is 67.5 Å². The first-order valence-electron chi connectivity index (χ1n) is 18.6. The second-order valence-corrected chi connectivity index (χ2v) is 14.0. The topological polar surface area (TPSA) is 77.8 Å². The number of hydrogen-bond acceptors (Lipinski definition) is 6. The van der Waals surface area contributed by atoms with Gasteiger partial charge in [-0.1, -0.05) is 78.9 Å². The molecule has 0 unspecified atom stereocenters. The number of pyridine rings is 1. The van der Waals surface area contributed by atoms with E-state index in [9.17, 15) is 4.39 Å². The Labute approximate surface area is 325 Å². The zero-order valence-electron chi connectivity index (χ0n) is 30.2. The Morgan fingerprint density at radius 1 is 0.333 bits per heavy atom. The van der Waals surface area contributed by atoms with Crippen LogP contribution in [0.15, 0.2) is 185 Å². The van der Waals surface area contributed by atoms with Gasteiger partial charge in [-0.2, -0.15) is 0 Å². The predicted molar refractivity (Wildman–Crippen MR) is 225 cm³/mol. The van der Waals surface area contributed by atoms with Crippen molar-refractivity contribution in [2.45, 2.75) is 0 Å². The van der Waals surface area contributed by atoms with Gasteiger partial charge < -0.3 is 8.83 Å². The lowest BCUT2D eigenvalue weighted by molar-refractivity contribution is 0.628. The molecule has 0 bridgehead atoms. The summed E-state index contributed by atoms with van der Waals surface area (Å²) in [6, 6.07) is 53.5. The second-order valence-electron chi connectivity index (χ2n) is 14.0. The van der Waals surface area contributed by atoms with Gasteiger partial charge in [-0.15, -0.1) is 0 Å². The average Bonchev–Trinajstić information content (AvgIpc) is 3.84. The molecule has 0 atom stereocenters. The number of fused-ring (bicyclic) bond motifs is 6. The minimum absolute atomic E-state index is 0.332. The highest BCUT2D eigenvalue weighted by Gasteiger charge is 2.17. The second kappa shape index (κ2) is 13.2. The number of para-hydroxylation sites is 2. The van der Waals surface area contributed by atoms with E-state index in [2.05, 4.69) is 59.6 Å². The number of benzene rings is 7. The summed E-state index contributed by atoms with van der Waals surface area (Å²) < 4.78 is 26.5. The van der Waals surface area contributed by atoms with E-state index in [1.165, 1.54) is 12.1 Å². The van der Waals surface area contributed by atoms with Crippen LogP contribution in [0.1, 0.15) is 0 Å². The molecule has 11 aromatic rings. The smallest absolute Gasteiger partial charge is 0.164 e. The standard InChI is InChI=1S/C50H29FN4O2/c51-39-19-15-32(16-20-39)49-53-48(31-13-11-30(12-14-31)35-6-5-23-52-29-35)54-50(55-49)38-25-36(33-17-21-46-42(27-33)40-7-1-3-9-44(40)56-46)24-37(26-38)34-18-22-47-43(28-34)41-8-2-4-10-45(41)57-47/h1-29H. The maximum absolute atomic E-state index is 14.1. The first kappa shape index (κ1) is 32.6. The lowest BCUT2D eigenvalue weighted by Gasteiger charge is -2.13.